The van der Waals surface area contributed by atoms with Gasteiger partial charge in [0.1, 0.15) is 0 Å². The quantitative estimate of drug-likeness (QED) is 0.661. The number of Topliss-reactive ketones (excluding diaryl/α,β-unsaturated/α-hetero) is 1. The number of H-pyrrole nitrogens is 1. The zero-order valence-corrected chi connectivity index (χ0v) is 13.9. The molecule has 0 fully saturated rings. The minimum atomic E-state index is -3.21. The number of ketones is 1. The van der Waals surface area contributed by atoms with Crippen LogP contribution in [0.4, 0.5) is 0 Å². The molecular weight excluding hydrogens is 330 g/mol. The molecule has 6 nitrogen and oxygen atoms in total. The number of fused-ring (bicyclic) bond motifs is 1. The maximum absolute atomic E-state index is 12.5. The van der Waals surface area contributed by atoms with Gasteiger partial charge < -0.3 is 9.72 Å². The zero-order chi connectivity index (χ0) is 17.3. The minimum Gasteiger partial charge on any atom is -0.454 e. The standard InChI is InChI=1S/C17H17NO5S/c1-11(23-16(19)8-12-6-7-24(21,22)10-12)17(20)14-9-18-15-5-3-2-4-13(14)15/h2-7,9,11-12,18H,8,10H2,1H3/t11-,12-/m1/s1. The maximum atomic E-state index is 12.5. The third-order valence-electron chi connectivity index (χ3n) is 3.97. The lowest BCUT2D eigenvalue weighted by Crippen LogP contribution is -2.25. The molecular formula is C17H17NO5S. The summed E-state index contributed by atoms with van der Waals surface area (Å²) in [6.07, 6.45) is 2.10. The van der Waals surface area contributed by atoms with Crippen molar-refractivity contribution >= 4 is 32.5 Å². The number of para-hydroxylation sites is 1. The first-order valence-corrected chi connectivity index (χ1v) is 9.28. The van der Waals surface area contributed by atoms with Crippen molar-refractivity contribution in [2.24, 2.45) is 5.92 Å². The van der Waals surface area contributed by atoms with E-state index in [-0.39, 0.29) is 18.0 Å². The van der Waals surface area contributed by atoms with Crippen molar-refractivity contribution in [1.29, 1.82) is 0 Å². The van der Waals surface area contributed by atoms with E-state index in [0.29, 0.717) is 5.56 Å². The second kappa shape index (κ2) is 6.24. The molecule has 1 aromatic heterocycles. The van der Waals surface area contributed by atoms with Crippen LogP contribution >= 0.6 is 0 Å². The lowest BCUT2D eigenvalue weighted by Gasteiger charge is -2.13. The average Bonchev–Trinajstić information content (AvgIpc) is 3.09. The number of carbonyl (C=O) groups is 2. The molecule has 1 N–H and O–H groups in total. The monoisotopic (exact) mass is 347 g/mol. The fraction of sp³-hybridized carbons (Fsp3) is 0.294. The molecule has 0 saturated carbocycles. The molecule has 0 unspecified atom stereocenters. The number of aromatic amines is 1. The van der Waals surface area contributed by atoms with Crippen LogP contribution in [-0.4, -0.2) is 37.0 Å². The minimum absolute atomic E-state index is 0.0543. The van der Waals surface area contributed by atoms with E-state index in [1.54, 1.807) is 6.20 Å². The highest BCUT2D eigenvalue weighted by Crippen LogP contribution is 2.22. The van der Waals surface area contributed by atoms with Gasteiger partial charge in [-0.2, -0.15) is 0 Å². The van der Waals surface area contributed by atoms with Gasteiger partial charge in [-0.05, 0) is 13.0 Å². The first-order chi connectivity index (χ1) is 11.4. The van der Waals surface area contributed by atoms with Crippen LogP contribution in [0.2, 0.25) is 0 Å². The van der Waals surface area contributed by atoms with E-state index in [4.69, 9.17) is 4.74 Å². The maximum Gasteiger partial charge on any atom is 0.307 e. The van der Waals surface area contributed by atoms with Gasteiger partial charge in [0.05, 0.1) is 12.2 Å². The van der Waals surface area contributed by atoms with Gasteiger partial charge in [0, 0.05) is 34.0 Å². The molecule has 1 aliphatic heterocycles. The molecule has 0 bridgehead atoms. The second-order valence-electron chi connectivity index (χ2n) is 5.87. The Hall–Kier alpha value is -2.41. The van der Waals surface area contributed by atoms with Gasteiger partial charge >= 0.3 is 5.97 Å². The lowest BCUT2D eigenvalue weighted by molar-refractivity contribution is -0.146. The Morgan fingerprint density at radius 2 is 2.08 bits per heavy atom. The van der Waals surface area contributed by atoms with E-state index in [1.807, 2.05) is 24.3 Å². The molecule has 2 atom stereocenters. The Labute approximate surface area is 139 Å². The van der Waals surface area contributed by atoms with Crippen molar-refractivity contribution in [2.75, 3.05) is 5.75 Å². The molecule has 24 heavy (non-hydrogen) atoms. The Bertz CT molecular complexity index is 925. The van der Waals surface area contributed by atoms with Crippen molar-refractivity contribution in [3.05, 3.63) is 47.5 Å². The van der Waals surface area contributed by atoms with Crippen LogP contribution < -0.4 is 0 Å². The summed E-state index contributed by atoms with van der Waals surface area (Å²) in [6, 6.07) is 7.37. The van der Waals surface area contributed by atoms with Gasteiger partial charge in [-0.3, -0.25) is 9.59 Å². The van der Waals surface area contributed by atoms with E-state index >= 15 is 0 Å². The summed E-state index contributed by atoms with van der Waals surface area (Å²) in [7, 11) is -3.21. The van der Waals surface area contributed by atoms with Gasteiger partial charge in [0.2, 0.25) is 5.78 Å². The molecule has 7 heteroatoms. The number of sulfone groups is 1. The van der Waals surface area contributed by atoms with Crippen molar-refractivity contribution in [1.82, 2.24) is 4.98 Å². The number of esters is 1. The molecule has 0 spiro atoms. The van der Waals surface area contributed by atoms with Crippen LogP contribution in [-0.2, 0) is 19.4 Å². The number of nitrogens with one attached hydrogen (secondary N) is 1. The van der Waals surface area contributed by atoms with Gasteiger partial charge in [0.25, 0.3) is 0 Å². The lowest BCUT2D eigenvalue weighted by atomic mass is 10.1. The molecule has 0 saturated heterocycles. The topological polar surface area (TPSA) is 93.3 Å². The molecule has 0 radical (unpaired) electrons. The largest absolute Gasteiger partial charge is 0.454 e. The third-order valence-corrected chi connectivity index (χ3v) is 5.43. The second-order valence-corrected chi connectivity index (χ2v) is 7.80. The van der Waals surface area contributed by atoms with Gasteiger partial charge in [-0.25, -0.2) is 8.42 Å². The predicted octanol–water partition coefficient (Wildman–Crippen LogP) is 2.23. The normalized spacial score (nSPS) is 20.1. The Balaban J connectivity index is 1.64. The first-order valence-electron chi connectivity index (χ1n) is 7.56. The van der Waals surface area contributed by atoms with Crippen LogP contribution in [0.15, 0.2) is 41.9 Å². The number of benzene rings is 1. The summed E-state index contributed by atoms with van der Waals surface area (Å²) in [5.41, 5.74) is 1.30. The van der Waals surface area contributed by atoms with Crippen molar-refractivity contribution < 1.29 is 22.7 Å². The van der Waals surface area contributed by atoms with Gasteiger partial charge in [-0.1, -0.05) is 24.3 Å². The Kier molecular flexibility index (Phi) is 4.28. The van der Waals surface area contributed by atoms with Crippen LogP contribution in [0, 0.1) is 5.92 Å². The molecule has 1 aliphatic rings. The SMILES string of the molecule is C[C@@H](OC(=O)C[C@H]1C=CS(=O)(=O)C1)C(=O)c1c[nH]c2ccccc12. The van der Waals surface area contributed by atoms with E-state index in [0.717, 1.165) is 16.3 Å². The summed E-state index contributed by atoms with van der Waals surface area (Å²) in [5, 5.41) is 1.89. The number of rotatable bonds is 5. The van der Waals surface area contributed by atoms with Crippen molar-refractivity contribution in [2.45, 2.75) is 19.4 Å². The Morgan fingerprint density at radius 1 is 1.33 bits per heavy atom. The number of ether oxygens (including phenoxy) is 1. The highest BCUT2D eigenvalue weighted by atomic mass is 32.2. The number of hydrogen-bond donors (Lipinski definition) is 1. The Morgan fingerprint density at radius 3 is 2.79 bits per heavy atom. The van der Waals surface area contributed by atoms with Crippen LogP contribution in [0.3, 0.4) is 0 Å². The highest BCUT2D eigenvalue weighted by molar-refractivity contribution is 7.94. The van der Waals surface area contributed by atoms with Crippen molar-refractivity contribution in [3.8, 4) is 0 Å². The van der Waals surface area contributed by atoms with Crippen LogP contribution in [0.1, 0.15) is 23.7 Å². The molecule has 3 rings (SSSR count). The number of allylic oxidation sites excluding steroid dienone is 1. The van der Waals surface area contributed by atoms with Crippen LogP contribution in [0.25, 0.3) is 10.9 Å². The summed E-state index contributed by atoms with van der Waals surface area (Å²) in [6.45, 7) is 1.52. The van der Waals surface area contributed by atoms with E-state index < -0.39 is 27.8 Å². The number of carbonyl (C=O) groups excluding carboxylic acids is 2. The third kappa shape index (κ3) is 3.41. The first kappa shape index (κ1) is 16.4. The van der Waals surface area contributed by atoms with Gasteiger partial charge in [-0.15, -0.1) is 0 Å². The van der Waals surface area contributed by atoms with E-state index in [1.165, 1.54) is 13.0 Å². The van der Waals surface area contributed by atoms with E-state index in [9.17, 15) is 18.0 Å². The average molecular weight is 347 g/mol. The van der Waals surface area contributed by atoms with Gasteiger partial charge in [0.15, 0.2) is 15.9 Å². The predicted molar refractivity (Wildman–Crippen MR) is 89.2 cm³/mol. The fourth-order valence-electron chi connectivity index (χ4n) is 2.77. The summed E-state index contributed by atoms with van der Waals surface area (Å²) < 4.78 is 27.9. The highest BCUT2D eigenvalue weighted by Gasteiger charge is 2.27. The molecule has 0 aliphatic carbocycles. The molecule has 2 heterocycles. The molecule has 1 aromatic carbocycles. The smallest absolute Gasteiger partial charge is 0.307 e. The summed E-state index contributed by atoms with van der Waals surface area (Å²) in [5.74, 6) is -1.36. The number of aromatic nitrogens is 1. The fourth-order valence-corrected chi connectivity index (χ4v) is 4.17. The zero-order valence-electron chi connectivity index (χ0n) is 13.1. The summed E-state index contributed by atoms with van der Waals surface area (Å²) in [4.78, 5) is 27.4. The van der Waals surface area contributed by atoms with Crippen LogP contribution in [0.5, 0.6) is 0 Å². The van der Waals surface area contributed by atoms with Crippen molar-refractivity contribution in [3.63, 3.8) is 0 Å². The molecule has 126 valence electrons. The molecule has 2 aromatic rings. The number of hydrogen-bond acceptors (Lipinski definition) is 5. The molecule has 0 amide bonds. The van der Waals surface area contributed by atoms with E-state index in [2.05, 4.69) is 4.98 Å². The summed E-state index contributed by atoms with van der Waals surface area (Å²) >= 11 is 0.